The molecule has 0 aliphatic heterocycles. The lowest BCUT2D eigenvalue weighted by molar-refractivity contribution is 0.160. The summed E-state index contributed by atoms with van der Waals surface area (Å²) >= 11 is 0. The largest absolute Gasteiger partial charge is 0.505 e. The van der Waals surface area contributed by atoms with E-state index in [0.717, 1.165) is 18.4 Å². The number of phenolic OH excluding ortho intramolecular Hbond substituents is 1. The van der Waals surface area contributed by atoms with Crippen molar-refractivity contribution in [2.24, 2.45) is 0 Å². The van der Waals surface area contributed by atoms with Crippen LogP contribution in [0.1, 0.15) is 80.1 Å². The van der Waals surface area contributed by atoms with E-state index in [1.165, 1.54) is 18.2 Å². The Morgan fingerprint density at radius 2 is 1.63 bits per heavy atom. The van der Waals surface area contributed by atoms with Gasteiger partial charge in [-0.2, -0.15) is 0 Å². The zero-order valence-electron chi connectivity index (χ0n) is 15.4. The Morgan fingerprint density at radius 1 is 0.963 bits per heavy atom. The Balaban J connectivity index is 1.72. The number of phenols is 1. The zero-order chi connectivity index (χ0) is 19.6. The monoisotopic (exact) mass is 378 g/mol. The van der Waals surface area contributed by atoms with Gasteiger partial charge in [0.25, 0.3) is 0 Å². The topological polar surface area (TPSA) is 40.5 Å². The molecule has 1 unspecified atom stereocenters. The number of rotatable bonds is 5. The molecule has 1 fully saturated rings. The van der Waals surface area contributed by atoms with Crippen LogP contribution in [0.3, 0.4) is 0 Å². The van der Waals surface area contributed by atoms with Gasteiger partial charge in [0.1, 0.15) is 0 Å². The number of halogens is 3. The lowest BCUT2D eigenvalue weighted by Gasteiger charge is -2.29. The van der Waals surface area contributed by atoms with Gasteiger partial charge in [0.05, 0.1) is 6.10 Å². The molecular formula is C22H25F3O2. The van der Waals surface area contributed by atoms with E-state index in [1.54, 1.807) is 12.1 Å². The van der Waals surface area contributed by atoms with Crippen molar-refractivity contribution in [3.05, 3.63) is 64.5 Å². The van der Waals surface area contributed by atoms with Crippen LogP contribution in [0.4, 0.5) is 13.2 Å². The predicted molar refractivity (Wildman–Crippen MR) is 98.2 cm³/mol. The summed E-state index contributed by atoms with van der Waals surface area (Å²) in [4.78, 5) is 0. The average molecular weight is 378 g/mol. The predicted octanol–water partition coefficient (Wildman–Crippen LogP) is 6.08. The van der Waals surface area contributed by atoms with Crippen LogP contribution in [0.25, 0.3) is 0 Å². The van der Waals surface area contributed by atoms with Crippen molar-refractivity contribution in [3.8, 4) is 5.75 Å². The highest BCUT2D eigenvalue weighted by Crippen LogP contribution is 2.42. The number of aliphatic hydroxyl groups is 1. The fourth-order valence-corrected chi connectivity index (χ4v) is 4.10. The maximum absolute atomic E-state index is 14.6. The number of hydrogen-bond donors (Lipinski definition) is 2. The molecule has 0 aromatic heterocycles. The first-order chi connectivity index (χ1) is 12.9. The lowest BCUT2D eigenvalue weighted by Crippen LogP contribution is -2.15. The highest BCUT2D eigenvalue weighted by Gasteiger charge is 2.28. The van der Waals surface area contributed by atoms with Gasteiger partial charge < -0.3 is 10.2 Å². The highest BCUT2D eigenvalue weighted by atomic mass is 19.2. The second-order valence-electron chi connectivity index (χ2n) is 7.44. The molecule has 0 bridgehead atoms. The number of benzene rings is 2. The summed E-state index contributed by atoms with van der Waals surface area (Å²) in [5.74, 6) is -2.75. The van der Waals surface area contributed by atoms with Crippen LogP contribution in [0.15, 0.2) is 30.3 Å². The van der Waals surface area contributed by atoms with Crippen LogP contribution in [0, 0.1) is 17.5 Å². The molecule has 1 aliphatic carbocycles. The minimum Gasteiger partial charge on any atom is -0.505 e. The molecule has 2 aromatic rings. The maximum Gasteiger partial charge on any atom is 0.165 e. The van der Waals surface area contributed by atoms with E-state index in [2.05, 4.69) is 0 Å². The Kier molecular flexibility index (Phi) is 6.10. The van der Waals surface area contributed by atoms with Gasteiger partial charge in [0, 0.05) is 5.56 Å². The molecule has 146 valence electrons. The van der Waals surface area contributed by atoms with Gasteiger partial charge in [-0.25, -0.2) is 13.2 Å². The molecule has 1 aliphatic rings. The number of aliphatic hydroxyl groups excluding tert-OH is 1. The molecular weight excluding hydrogens is 353 g/mol. The summed E-state index contributed by atoms with van der Waals surface area (Å²) in [5.41, 5.74) is 1.20. The van der Waals surface area contributed by atoms with Crippen molar-refractivity contribution in [3.63, 3.8) is 0 Å². The third kappa shape index (κ3) is 4.13. The molecule has 2 nitrogen and oxygen atoms in total. The molecule has 0 amide bonds. The summed E-state index contributed by atoms with van der Waals surface area (Å²) in [6, 6.07) is 7.51. The van der Waals surface area contributed by atoms with E-state index in [4.69, 9.17) is 0 Å². The van der Waals surface area contributed by atoms with E-state index in [-0.39, 0.29) is 23.1 Å². The van der Waals surface area contributed by atoms with Crippen molar-refractivity contribution in [2.45, 2.75) is 63.4 Å². The molecule has 1 saturated carbocycles. The van der Waals surface area contributed by atoms with E-state index >= 15 is 0 Å². The molecule has 0 spiro atoms. The van der Waals surface area contributed by atoms with Crippen LogP contribution in [0.2, 0.25) is 0 Å². The SMILES string of the molecule is CCCC(O)c1ccc(C2CCC(c3ccc(O)c(F)c3)CC2)c(F)c1F. The molecule has 2 N–H and O–H groups in total. The first-order valence-electron chi connectivity index (χ1n) is 9.56. The Hall–Kier alpha value is -2.01. The van der Waals surface area contributed by atoms with Gasteiger partial charge in [0.2, 0.25) is 0 Å². The van der Waals surface area contributed by atoms with Crippen molar-refractivity contribution in [1.82, 2.24) is 0 Å². The van der Waals surface area contributed by atoms with Gasteiger partial charge >= 0.3 is 0 Å². The standard InChI is InChI=1S/C22H25F3O2/c1-2-3-19(26)17-10-9-16(21(24)22(17)25)14-6-4-13(5-7-14)15-8-11-20(27)18(23)12-15/h8-14,19,26-27H,2-7H2,1H3. The maximum atomic E-state index is 14.6. The molecule has 2 aromatic carbocycles. The third-order valence-corrected chi connectivity index (χ3v) is 5.67. The van der Waals surface area contributed by atoms with Gasteiger partial charge in [-0.3, -0.25) is 0 Å². The van der Waals surface area contributed by atoms with Crippen molar-refractivity contribution >= 4 is 0 Å². The fourth-order valence-electron chi connectivity index (χ4n) is 4.10. The Morgan fingerprint density at radius 3 is 2.26 bits per heavy atom. The Bertz CT molecular complexity index is 798. The van der Waals surface area contributed by atoms with Crippen molar-refractivity contribution < 1.29 is 23.4 Å². The summed E-state index contributed by atoms with van der Waals surface area (Å²) in [6.45, 7) is 1.88. The number of aromatic hydroxyl groups is 1. The minimum atomic E-state index is -0.987. The Labute approximate surface area is 157 Å². The molecule has 3 rings (SSSR count). The highest BCUT2D eigenvalue weighted by molar-refractivity contribution is 5.33. The fraction of sp³-hybridized carbons (Fsp3) is 0.455. The second-order valence-corrected chi connectivity index (χ2v) is 7.44. The normalized spacial score (nSPS) is 21.2. The summed E-state index contributed by atoms with van der Waals surface area (Å²) in [5, 5.41) is 19.3. The molecule has 0 heterocycles. The van der Waals surface area contributed by atoms with Crippen LogP contribution in [-0.2, 0) is 0 Å². The first kappa shape index (κ1) is 19.7. The summed E-state index contributed by atoms with van der Waals surface area (Å²) in [7, 11) is 0. The van der Waals surface area contributed by atoms with E-state index in [9.17, 15) is 23.4 Å². The van der Waals surface area contributed by atoms with Crippen LogP contribution < -0.4 is 0 Å². The van der Waals surface area contributed by atoms with Crippen molar-refractivity contribution in [2.75, 3.05) is 0 Å². The first-order valence-corrected chi connectivity index (χ1v) is 9.56. The minimum absolute atomic E-state index is 0.0198. The van der Waals surface area contributed by atoms with Crippen LogP contribution >= 0.6 is 0 Å². The van der Waals surface area contributed by atoms with Crippen LogP contribution in [-0.4, -0.2) is 10.2 Å². The molecule has 1 atom stereocenters. The number of hydrogen-bond acceptors (Lipinski definition) is 2. The average Bonchev–Trinajstić information content (AvgIpc) is 2.66. The quantitative estimate of drug-likeness (QED) is 0.661. The lowest BCUT2D eigenvalue weighted by atomic mass is 9.76. The molecule has 0 saturated heterocycles. The summed E-state index contributed by atoms with van der Waals surface area (Å²) in [6.07, 6.45) is 2.95. The van der Waals surface area contributed by atoms with Gasteiger partial charge in [0.15, 0.2) is 23.2 Å². The van der Waals surface area contributed by atoms with Crippen molar-refractivity contribution in [1.29, 1.82) is 0 Å². The zero-order valence-corrected chi connectivity index (χ0v) is 15.4. The molecule has 0 radical (unpaired) electrons. The van der Waals surface area contributed by atoms with Gasteiger partial charge in [-0.15, -0.1) is 0 Å². The second kappa shape index (κ2) is 8.34. The summed E-state index contributed by atoms with van der Waals surface area (Å²) < 4.78 is 42.6. The molecule has 5 heteroatoms. The van der Waals surface area contributed by atoms with Gasteiger partial charge in [-0.05, 0) is 67.2 Å². The smallest absolute Gasteiger partial charge is 0.165 e. The van der Waals surface area contributed by atoms with E-state index in [0.29, 0.717) is 31.2 Å². The molecule has 27 heavy (non-hydrogen) atoms. The van der Waals surface area contributed by atoms with E-state index < -0.39 is 23.6 Å². The van der Waals surface area contributed by atoms with Gasteiger partial charge in [-0.1, -0.05) is 31.5 Å². The van der Waals surface area contributed by atoms with Crippen LogP contribution in [0.5, 0.6) is 5.75 Å². The third-order valence-electron chi connectivity index (χ3n) is 5.67. The van der Waals surface area contributed by atoms with E-state index in [1.807, 2.05) is 6.92 Å².